The predicted molar refractivity (Wildman–Crippen MR) is 62.9 cm³/mol. The standard InChI is InChI=1S/C13H18FNO2/c1-9-11(8-16)13(15,6-7-17-9)10-4-2-3-5-12(10)14/h2-5,9,11,16H,6-8,15H2,1H3/t9?,11-,13?/m1/s1. The Labute approximate surface area is 100 Å². The summed E-state index contributed by atoms with van der Waals surface area (Å²) in [7, 11) is 0. The summed E-state index contributed by atoms with van der Waals surface area (Å²) in [6.07, 6.45) is 0.349. The highest BCUT2D eigenvalue weighted by Gasteiger charge is 2.44. The van der Waals surface area contributed by atoms with Crippen LogP contribution >= 0.6 is 0 Å². The minimum atomic E-state index is -0.849. The molecule has 0 aliphatic carbocycles. The Hall–Kier alpha value is -0.970. The van der Waals surface area contributed by atoms with Gasteiger partial charge in [-0.3, -0.25) is 0 Å². The number of aliphatic hydroxyl groups excluding tert-OH is 1. The van der Waals surface area contributed by atoms with Gasteiger partial charge in [0.25, 0.3) is 0 Å². The van der Waals surface area contributed by atoms with E-state index in [2.05, 4.69) is 0 Å². The Morgan fingerprint density at radius 2 is 2.24 bits per heavy atom. The molecule has 1 aliphatic heterocycles. The van der Waals surface area contributed by atoms with Gasteiger partial charge in [0.2, 0.25) is 0 Å². The Balaban J connectivity index is 2.42. The molecule has 4 heteroatoms. The molecule has 0 amide bonds. The highest BCUT2D eigenvalue weighted by Crippen LogP contribution is 2.38. The van der Waals surface area contributed by atoms with Crippen molar-refractivity contribution < 1.29 is 14.2 Å². The zero-order valence-electron chi connectivity index (χ0n) is 9.90. The number of hydrogen-bond donors (Lipinski definition) is 2. The van der Waals surface area contributed by atoms with Crippen LogP contribution in [0.25, 0.3) is 0 Å². The van der Waals surface area contributed by atoms with Gasteiger partial charge in [-0.15, -0.1) is 0 Å². The third kappa shape index (κ3) is 2.08. The Bertz CT molecular complexity index is 399. The molecular formula is C13H18FNO2. The molecule has 3 nitrogen and oxygen atoms in total. The third-order valence-corrected chi connectivity index (χ3v) is 3.70. The number of halogens is 1. The number of nitrogens with two attached hydrogens (primary N) is 1. The van der Waals surface area contributed by atoms with Crippen molar-refractivity contribution in [3.63, 3.8) is 0 Å². The molecule has 1 fully saturated rings. The van der Waals surface area contributed by atoms with E-state index in [0.717, 1.165) is 0 Å². The van der Waals surface area contributed by atoms with Gasteiger partial charge in [-0.2, -0.15) is 0 Å². The molecule has 0 spiro atoms. The first-order valence-electron chi connectivity index (χ1n) is 5.86. The topological polar surface area (TPSA) is 55.5 Å². The van der Waals surface area contributed by atoms with Crippen LogP contribution in [-0.2, 0) is 10.3 Å². The lowest BCUT2D eigenvalue weighted by molar-refractivity contribution is -0.0783. The second-order valence-electron chi connectivity index (χ2n) is 4.64. The monoisotopic (exact) mass is 239 g/mol. The number of hydrogen-bond acceptors (Lipinski definition) is 3. The van der Waals surface area contributed by atoms with Crippen molar-refractivity contribution in [1.82, 2.24) is 0 Å². The SMILES string of the molecule is CC1OCCC(N)(c2ccccc2F)[C@@H]1CO. The number of aliphatic hydroxyl groups is 1. The summed E-state index contributed by atoms with van der Waals surface area (Å²) < 4.78 is 19.3. The van der Waals surface area contributed by atoms with E-state index >= 15 is 0 Å². The van der Waals surface area contributed by atoms with Crippen LogP contribution in [0.5, 0.6) is 0 Å². The van der Waals surface area contributed by atoms with Crippen molar-refractivity contribution in [2.24, 2.45) is 11.7 Å². The van der Waals surface area contributed by atoms with E-state index in [4.69, 9.17) is 10.5 Å². The van der Waals surface area contributed by atoms with Crippen molar-refractivity contribution in [1.29, 1.82) is 0 Å². The first kappa shape index (κ1) is 12.5. The molecule has 2 rings (SSSR count). The zero-order valence-corrected chi connectivity index (χ0v) is 9.90. The Kier molecular flexibility index (Phi) is 3.47. The second kappa shape index (κ2) is 4.72. The maximum absolute atomic E-state index is 13.9. The van der Waals surface area contributed by atoms with E-state index in [-0.39, 0.29) is 24.4 Å². The smallest absolute Gasteiger partial charge is 0.128 e. The number of rotatable bonds is 2. The van der Waals surface area contributed by atoms with E-state index in [1.807, 2.05) is 6.92 Å². The molecule has 1 aromatic rings. The maximum Gasteiger partial charge on any atom is 0.128 e. The molecule has 0 radical (unpaired) electrons. The molecule has 94 valence electrons. The molecule has 1 aromatic carbocycles. The van der Waals surface area contributed by atoms with Crippen LogP contribution in [0.2, 0.25) is 0 Å². The Morgan fingerprint density at radius 3 is 2.88 bits per heavy atom. The van der Waals surface area contributed by atoms with E-state index in [9.17, 15) is 9.50 Å². The molecule has 3 atom stereocenters. The summed E-state index contributed by atoms with van der Waals surface area (Å²) in [4.78, 5) is 0. The predicted octanol–water partition coefficient (Wildman–Crippen LogP) is 1.40. The molecule has 3 N–H and O–H groups in total. The molecule has 0 bridgehead atoms. The zero-order chi connectivity index (χ0) is 12.5. The molecule has 0 aromatic heterocycles. The van der Waals surface area contributed by atoms with Crippen LogP contribution in [0, 0.1) is 11.7 Å². The van der Waals surface area contributed by atoms with Gasteiger partial charge in [0, 0.05) is 18.1 Å². The lowest BCUT2D eigenvalue weighted by Gasteiger charge is -2.44. The first-order chi connectivity index (χ1) is 8.09. The van der Waals surface area contributed by atoms with Gasteiger partial charge in [0.05, 0.1) is 18.2 Å². The van der Waals surface area contributed by atoms with E-state index in [1.165, 1.54) is 6.07 Å². The molecule has 1 heterocycles. The average Bonchev–Trinajstić information content (AvgIpc) is 2.29. The van der Waals surface area contributed by atoms with Gasteiger partial charge < -0.3 is 15.6 Å². The lowest BCUT2D eigenvalue weighted by atomic mass is 9.73. The van der Waals surface area contributed by atoms with Gasteiger partial charge in [0.1, 0.15) is 5.82 Å². The summed E-state index contributed by atoms with van der Waals surface area (Å²) in [5, 5.41) is 9.47. The highest BCUT2D eigenvalue weighted by atomic mass is 19.1. The van der Waals surface area contributed by atoms with Crippen molar-refractivity contribution in [2.75, 3.05) is 13.2 Å². The summed E-state index contributed by atoms with van der Waals surface area (Å²) in [5.74, 6) is -0.601. The average molecular weight is 239 g/mol. The van der Waals surface area contributed by atoms with Crippen molar-refractivity contribution in [2.45, 2.75) is 25.0 Å². The fraction of sp³-hybridized carbons (Fsp3) is 0.538. The fourth-order valence-corrected chi connectivity index (χ4v) is 2.62. The van der Waals surface area contributed by atoms with Crippen LogP contribution in [-0.4, -0.2) is 24.4 Å². The largest absolute Gasteiger partial charge is 0.396 e. The molecule has 17 heavy (non-hydrogen) atoms. The van der Waals surface area contributed by atoms with E-state index < -0.39 is 5.54 Å². The van der Waals surface area contributed by atoms with Crippen molar-refractivity contribution in [3.05, 3.63) is 35.6 Å². The minimum Gasteiger partial charge on any atom is -0.396 e. The van der Waals surface area contributed by atoms with E-state index in [1.54, 1.807) is 18.2 Å². The second-order valence-corrected chi connectivity index (χ2v) is 4.64. The summed E-state index contributed by atoms with van der Waals surface area (Å²) in [5.41, 5.74) is 5.96. The number of ether oxygens (including phenoxy) is 1. The van der Waals surface area contributed by atoms with Crippen LogP contribution in [0.3, 0.4) is 0 Å². The summed E-state index contributed by atoms with van der Waals surface area (Å²) in [6.45, 7) is 2.25. The van der Waals surface area contributed by atoms with Crippen LogP contribution in [0.15, 0.2) is 24.3 Å². The minimum absolute atomic E-state index is 0.105. The molecule has 2 unspecified atom stereocenters. The lowest BCUT2D eigenvalue weighted by Crippen LogP contribution is -2.55. The quantitative estimate of drug-likeness (QED) is 0.820. The van der Waals surface area contributed by atoms with Crippen LogP contribution in [0.4, 0.5) is 4.39 Å². The van der Waals surface area contributed by atoms with Gasteiger partial charge in [-0.25, -0.2) is 4.39 Å². The third-order valence-electron chi connectivity index (χ3n) is 3.70. The van der Waals surface area contributed by atoms with Crippen molar-refractivity contribution in [3.8, 4) is 0 Å². The van der Waals surface area contributed by atoms with Gasteiger partial charge >= 0.3 is 0 Å². The summed E-state index contributed by atoms with van der Waals surface area (Å²) in [6, 6.07) is 6.50. The maximum atomic E-state index is 13.9. The van der Waals surface area contributed by atoms with Crippen LogP contribution in [0.1, 0.15) is 18.9 Å². The molecule has 1 aliphatic rings. The normalized spacial score (nSPS) is 33.6. The van der Waals surface area contributed by atoms with Gasteiger partial charge in [0.15, 0.2) is 0 Å². The molecular weight excluding hydrogens is 221 g/mol. The van der Waals surface area contributed by atoms with Crippen molar-refractivity contribution >= 4 is 0 Å². The first-order valence-corrected chi connectivity index (χ1v) is 5.86. The van der Waals surface area contributed by atoms with E-state index in [0.29, 0.717) is 18.6 Å². The molecule has 1 saturated heterocycles. The van der Waals surface area contributed by atoms with Gasteiger partial charge in [-0.05, 0) is 19.4 Å². The molecule has 0 saturated carbocycles. The Morgan fingerprint density at radius 1 is 1.53 bits per heavy atom. The van der Waals surface area contributed by atoms with Crippen LogP contribution < -0.4 is 5.73 Å². The summed E-state index contributed by atoms with van der Waals surface area (Å²) >= 11 is 0. The van der Waals surface area contributed by atoms with Gasteiger partial charge in [-0.1, -0.05) is 18.2 Å². The highest BCUT2D eigenvalue weighted by molar-refractivity contribution is 5.28. The fourth-order valence-electron chi connectivity index (χ4n) is 2.62. The number of benzene rings is 1.